The van der Waals surface area contributed by atoms with Gasteiger partial charge in [0.2, 0.25) is 0 Å². The van der Waals surface area contributed by atoms with Gasteiger partial charge in [0.15, 0.2) is 5.11 Å². The minimum absolute atomic E-state index is 0.562. The van der Waals surface area contributed by atoms with Crippen LogP contribution >= 0.6 is 40.8 Å². The fraction of sp³-hybridized carbons (Fsp3) is 0.250. The van der Waals surface area contributed by atoms with E-state index in [1.165, 1.54) is 5.57 Å². The summed E-state index contributed by atoms with van der Waals surface area (Å²) in [6.07, 6.45) is 6.29. The predicted molar refractivity (Wildman–Crippen MR) is 109 cm³/mol. The number of hydrogen-bond acceptors (Lipinski definition) is 3. The second kappa shape index (κ2) is 12.4. The van der Waals surface area contributed by atoms with Crippen molar-refractivity contribution in [3.8, 4) is 0 Å². The van der Waals surface area contributed by atoms with Gasteiger partial charge in [0, 0.05) is 17.2 Å². The van der Waals surface area contributed by atoms with E-state index in [0.29, 0.717) is 5.11 Å². The second-order valence-corrected chi connectivity index (χ2v) is 6.28. The van der Waals surface area contributed by atoms with Gasteiger partial charge in [0.1, 0.15) is 5.82 Å². The molecule has 0 radical (unpaired) electrons. The number of aromatic nitrogens is 1. The van der Waals surface area contributed by atoms with E-state index in [9.17, 15) is 0 Å². The standard InChI is InChI=1S/C13H16BrN3S2.C3H6/c1-9(7-10(2)18)5-6-15-13(19)17-12-4-3-11(14)8-16-12;1-3-2/h3-4,7-8,18H,2,5-6H2,1H3,(H2,15,16,17,19);3H,1H2,2H3/b9-7+;. The second-order valence-electron chi connectivity index (χ2n) is 4.38. The topological polar surface area (TPSA) is 37.0 Å². The molecule has 120 valence electrons. The molecule has 0 fully saturated rings. The van der Waals surface area contributed by atoms with E-state index in [1.54, 1.807) is 12.3 Å². The lowest BCUT2D eigenvalue weighted by molar-refractivity contribution is 0.862. The van der Waals surface area contributed by atoms with Crippen LogP contribution in [0.2, 0.25) is 0 Å². The van der Waals surface area contributed by atoms with Crippen molar-refractivity contribution in [3.63, 3.8) is 0 Å². The van der Waals surface area contributed by atoms with E-state index in [-0.39, 0.29) is 0 Å². The van der Waals surface area contributed by atoms with Gasteiger partial charge in [-0.2, -0.15) is 0 Å². The summed E-state index contributed by atoms with van der Waals surface area (Å²) in [4.78, 5) is 4.94. The molecule has 0 bridgehead atoms. The molecule has 1 rings (SSSR count). The zero-order chi connectivity index (χ0) is 17.0. The van der Waals surface area contributed by atoms with Gasteiger partial charge in [0.25, 0.3) is 0 Å². The quantitative estimate of drug-likeness (QED) is 0.278. The lowest BCUT2D eigenvalue weighted by atomic mass is 10.2. The molecule has 0 spiro atoms. The summed E-state index contributed by atoms with van der Waals surface area (Å²) in [5.74, 6) is 0.719. The first-order valence-electron chi connectivity index (χ1n) is 6.67. The number of hydrogen-bond donors (Lipinski definition) is 3. The van der Waals surface area contributed by atoms with Crippen molar-refractivity contribution in [2.45, 2.75) is 20.3 Å². The number of pyridine rings is 1. The summed E-state index contributed by atoms with van der Waals surface area (Å²) in [6, 6.07) is 3.76. The Labute approximate surface area is 152 Å². The molecule has 0 atom stereocenters. The Morgan fingerprint density at radius 1 is 1.50 bits per heavy atom. The highest BCUT2D eigenvalue weighted by atomic mass is 79.9. The number of thiol groups is 1. The molecule has 0 unspecified atom stereocenters. The summed E-state index contributed by atoms with van der Waals surface area (Å²) >= 11 is 12.6. The van der Waals surface area contributed by atoms with Crippen molar-refractivity contribution in [2.24, 2.45) is 0 Å². The fourth-order valence-electron chi connectivity index (χ4n) is 1.34. The number of nitrogens with zero attached hydrogens (tertiary/aromatic N) is 1. The first-order chi connectivity index (χ1) is 10.4. The molecule has 1 heterocycles. The van der Waals surface area contributed by atoms with Gasteiger partial charge >= 0.3 is 0 Å². The zero-order valence-corrected chi connectivity index (χ0v) is 16.2. The third-order valence-electron chi connectivity index (χ3n) is 2.19. The Morgan fingerprint density at radius 2 is 2.14 bits per heavy atom. The highest BCUT2D eigenvalue weighted by Gasteiger charge is 1.98. The van der Waals surface area contributed by atoms with Crippen LogP contribution in [-0.4, -0.2) is 16.6 Å². The molecule has 0 aromatic carbocycles. The number of thiocarbonyl (C=S) groups is 1. The molecule has 0 saturated carbocycles. The normalized spacial score (nSPS) is 10.1. The van der Waals surface area contributed by atoms with Crippen molar-refractivity contribution < 1.29 is 0 Å². The van der Waals surface area contributed by atoms with Crippen LogP contribution < -0.4 is 10.6 Å². The molecule has 0 aliphatic rings. The van der Waals surface area contributed by atoms with Crippen LogP contribution in [0, 0.1) is 0 Å². The van der Waals surface area contributed by atoms with Gasteiger partial charge in [-0.05, 0) is 65.5 Å². The maximum Gasteiger partial charge on any atom is 0.171 e. The largest absolute Gasteiger partial charge is 0.362 e. The molecule has 0 aliphatic heterocycles. The molecular formula is C16H22BrN3S2. The third kappa shape index (κ3) is 11.5. The lowest BCUT2D eigenvalue weighted by Crippen LogP contribution is -2.29. The minimum atomic E-state index is 0.562. The summed E-state index contributed by atoms with van der Waals surface area (Å²) < 4.78 is 0.935. The van der Waals surface area contributed by atoms with Crippen LogP contribution in [0.25, 0.3) is 0 Å². The maximum atomic E-state index is 5.18. The lowest BCUT2D eigenvalue weighted by Gasteiger charge is -2.10. The minimum Gasteiger partial charge on any atom is -0.362 e. The van der Waals surface area contributed by atoms with E-state index < -0.39 is 0 Å². The Bertz CT molecular complexity index is 525. The van der Waals surface area contributed by atoms with Crippen LogP contribution in [-0.2, 0) is 0 Å². The van der Waals surface area contributed by atoms with Crippen LogP contribution in [0.3, 0.4) is 0 Å². The van der Waals surface area contributed by atoms with Crippen molar-refractivity contribution in [1.82, 2.24) is 10.3 Å². The molecule has 1 aromatic heterocycles. The molecule has 22 heavy (non-hydrogen) atoms. The van der Waals surface area contributed by atoms with Crippen LogP contribution in [0.4, 0.5) is 5.82 Å². The van der Waals surface area contributed by atoms with E-state index in [1.807, 2.05) is 32.1 Å². The monoisotopic (exact) mass is 399 g/mol. The van der Waals surface area contributed by atoms with Crippen LogP contribution in [0.5, 0.6) is 0 Å². The smallest absolute Gasteiger partial charge is 0.171 e. The van der Waals surface area contributed by atoms with Gasteiger partial charge in [-0.3, -0.25) is 0 Å². The molecule has 3 nitrogen and oxygen atoms in total. The maximum absolute atomic E-state index is 5.18. The summed E-state index contributed by atoms with van der Waals surface area (Å²) in [5, 5.41) is 6.71. The summed E-state index contributed by atoms with van der Waals surface area (Å²) in [7, 11) is 0. The molecule has 0 saturated heterocycles. The van der Waals surface area contributed by atoms with E-state index >= 15 is 0 Å². The average molecular weight is 400 g/mol. The molecule has 6 heteroatoms. The van der Waals surface area contributed by atoms with Crippen LogP contribution in [0.15, 0.2) is 58.6 Å². The molecular weight excluding hydrogens is 378 g/mol. The number of allylic oxidation sites excluding steroid dienone is 2. The van der Waals surface area contributed by atoms with Gasteiger partial charge in [-0.1, -0.05) is 24.3 Å². The Balaban J connectivity index is 0.00000135. The van der Waals surface area contributed by atoms with E-state index in [2.05, 4.69) is 57.3 Å². The Hall–Kier alpha value is -1.11. The average Bonchev–Trinajstić information content (AvgIpc) is 2.41. The number of nitrogens with one attached hydrogen (secondary N) is 2. The molecule has 0 amide bonds. The van der Waals surface area contributed by atoms with Gasteiger partial charge in [0.05, 0.1) is 0 Å². The molecule has 0 aliphatic carbocycles. The number of anilines is 1. The first kappa shape index (κ1) is 20.9. The zero-order valence-electron chi connectivity index (χ0n) is 12.9. The number of halogens is 1. The van der Waals surface area contributed by atoms with Gasteiger partial charge in [-0.15, -0.1) is 19.2 Å². The predicted octanol–water partition coefficient (Wildman–Crippen LogP) is 5.10. The third-order valence-corrected chi connectivity index (χ3v) is 3.03. The molecule has 1 aromatic rings. The molecule has 2 N–H and O–H groups in total. The highest BCUT2D eigenvalue weighted by molar-refractivity contribution is 9.10. The van der Waals surface area contributed by atoms with E-state index in [4.69, 9.17) is 12.2 Å². The van der Waals surface area contributed by atoms with Crippen molar-refractivity contribution in [1.29, 1.82) is 0 Å². The highest BCUT2D eigenvalue weighted by Crippen LogP contribution is 2.10. The van der Waals surface area contributed by atoms with Crippen molar-refractivity contribution in [2.75, 3.05) is 11.9 Å². The van der Waals surface area contributed by atoms with Gasteiger partial charge in [-0.25, -0.2) is 4.98 Å². The SMILES string of the molecule is C=C(S)/C=C(\C)CCNC(=S)Nc1ccc(Br)cn1.C=CC. The van der Waals surface area contributed by atoms with Gasteiger partial charge < -0.3 is 10.6 Å². The first-order valence-corrected chi connectivity index (χ1v) is 8.32. The van der Waals surface area contributed by atoms with Crippen molar-refractivity contribution in [3.05, 3.63) is 58.6 Å². The Morgan fingerprint density at radius 3 is 2.64 bits per heavy atom. The summed E-state index contributed by atoms with van der Waals surface area (Å²) in [6.45, 7) is 11.8. The van der Waals surface area contributed by atoms with Crippen LogP contribution in [0.1, 0.15) is 20.3 Å². The fourth-order valence-corrected chi connectivity index (χ4v) is 2.00. The Kier molecular flexibility index (Phi) is 11.8. The van der Waals surface area contributed by atoms with E-state index in [0.717, 1.165) is 28.2 Å². The van der Waals surface area contributed by atoms with Crippen molar-refractivity contribution >= 4 is 51.7 Å². The summed E-state index contributed by atoms with van der Waals surface area (Å²) in [5.41, 5.74) is 1.21. The number of rotatable bonds is 5.